The van der Waals surface area contributed by atoms with Gasteiger partial charge in [0.25, 0.3) is 0 Å². The van der Waals surface area contributed by atoms with Crippen LogP contribution < -0.4 is 10.1 Å². The molecule has 0 bridgehead atoms. The van der Waals surface area contributed by atoms with Crippen molar-refractivity contribution in [2.24, 2.45) is 5.92 Å². The van der Waals surface area contributed by atoms with Gasteiger partial charge in [-0.2, -0.15) is 4.98 Å². The molecule has 0 saturated carbocycles. The number of rotatable bonds is 7. The SMILES string of the molecule is CC(C)C(NC(=O)/C=C/c1ccccc1OC(F)(F)F)c1nc(-c2ccncc2)no1. The molecule has 3 rings (SSSR count). The zero-order valence-corrected chi connectivity index (χ0v) is 16.6. The number of ether oxygens (including phenoxy) is 1. The van der Waals surface area contributed by atoms with E-state index in [2.05, 4.69) is 25.2 Å². The summed E-state index contributed by atoms with van der Waals surface area (Å²) in [5.74, 6) is -0.470. The van der Waals surface area contributed by atoms with Crippen molar-refractivity contribution in [3.05, 3.63) is 66.3 Å². The van der Waals surface area contributed by atoms with E-state index in [4.69, 9.17) is 4.52 Å². The molecule has 10 heteroatoms. The van der Waals surface area contributed by atoms with Gasteiger partial charge in [0, 0.05) is 29.6 Å². The first-order valence-electron chi connectivity index (χ1n) is 9.30. The van der Waals surface area contributed by atoms with E-state index < -0.39 is 24.1 Å². The van der Waals surface area contributed by atoms with Crippen molar-refractivity contribution in [3.63, 3.8) is 0 Å². The summed E-state index contributed by atoms with van der Waals surface area (Å²) in [6.07, 6.45) is 0.716. The smallest absolute Gasteiger partial charge is 0.405 e. The van der Waals surface area contributed by atoms with Crippen LogP contribution in [-0.4, -0.2) is 27.4 Å². The van der Waals surface area contributed by atoms with E-state index >= 15 is 0 Å². The van der Waals surface area contributed by atoms with Crippen LogP contribution in [0.4, 0.5) is 13.2 Å². The van der Waals surface area contributed by atoms with Crippen molar-refractivity contribution >= 4 is 12.0 Å². The van der Waals surface area contributed by atoms with Gasteiger partial charge in [-0.1, -0.05) is 37.2 Å². The number of nitrogens with one attached hydrogen (secondary N) is 1. The third-order valence-electron chi connectivity index (χ3n) is 4.17. The standard InChI is InChI=1S/C21H19F3N4O3/c1-13(2)18(20-27-19(28-31-20)15-9-11-25-12-10-15)26-17(29)8-7-14-5-3-4-6-16(14)30-21(22,23)24/h3-13,18H,1-2H3,(H,26,29)/b8-7+. The number of hydrogen-bond acceptors (Lipinski definition) is 6. The summed E-state index contributed by atoms with van der Waals surface area (Å²) in [7, 11) is 0. The lowest BCUT2D eigenvalue weighted by molar-refractivity contribution is -0.274. The molecule has 0 aliphatic heterocycles. The summed E-state index contributed by atoms with van der Waals surface area (Å²) >= 11 is 0. The molecule has 1 N–H and O–H groups in total. The average molecular weight is 432 g/mol. The van der Waals surface area contributed by atoms with Crippen molar-refractivity contribution in [2.75, 3.05) is 0 Å². The van der Waals surface area contributed by atoms with Gasteiger partial charge in [-0.25, -0.2) is 0 Å². The highest BCUT2D eigenvalue weighted by Crippen LogP contribution is 2.27. The van der Waals surface area contributed by atoms with Gasteiger partial charge in [-0.3, -0.25) is 9.78 Å². The van der Waals surface area contributed by atoms with Gasteiger partial charge in [0.05, 0.1) is 0 Å². The minimum atomic E-state index is -4.83. The second-order valence-corrected chi connectivity index (χ2v) is 6.84. The average Bonchev–Trinajstić information content (AvgIpc) is 3.20. The molecule has 7 nitrogen and oxygen atoms in total. The monoisotopic (exact) mass is 432 g/mol. The van der Waals surface area contributed by atoms with Gasteiger partial charge in [-0.15, -0.1) is 13.2 Å². The molecule has 2 aromatic heterocycles. The number of para-hydroxylation sites is 1. The topological polar surface area (TPSA) is 90.1 Å². The third kappa shape index (κ3) is 6.14. The molecule has 2 heterocycles. The lowest BCUT2D eigenvalue weighted by Gasteiger charge is -2.17. The molecular weight excluding hydrogens is 413 g/mol. The first-order chi connectivity index (χ1) is 14.7. The van der Waals surface area contributed by atoms with Crippen LogP contribution >= 0.6 is 0 Å². The molecular formula is C21H19F3N4O3. The van der Waals surface area contributed by atoms with Crippen molar-refractivity contribution in [1.82, 2.24) is 20.4 Å². The quantitative estimate of drug-likeness (QED) is 0.551. The first kappa shape index (κ1) is 22.0. The van der Waals surface area contributed by atoms with Crippen LogP contribution in [0.1, 0.15) is 31.3 Å². The third-order valence-corrected chi connectivity index (χ3v) is 4.17. The Kier molecular flexibility index (Phi) is 6.68. The van der Waals surface area contributed by atoms with Crippen LogP contribution in [0.3, 0.4) is 0 Å². The van der Waals surface area contributed by atoms with Crippen LogP contribution in [0.15, 0.2) is 59.4 Å². The Morgan fingerprint density at radius 3 is 2.55 bits per heavy atom. The Balaban J connectivity index is 1.73. The largest absolute Gasteiger partial charge is 0.573 e. The molecule has 1 atom stereocenters. The van der Waals surface area contributed by atoms with Crippen molar-refractivity contribution in [2.45, 2.75) is 26.3 Å². The first-order valence-corrected chi connectivity index (χ1v) is 9.30. The zero-order valence-electron chi connectivity index (χ0n) is 16.6. The Labute approximate surface area is 176 Å². The number of alkyl halides is 3. The zero-order chi connectivity index (χ0) is 22.4. The molecule has 0 radical (unpaired) electrons. The maximum atomic E-state index is 12.5. The van der Waals surface area contributed by atoms with Crippen molar-refractivity contribution < 1.29 is 27.2 Å². The molecule has 31 heavy (non-hydrogen) atoms. The van der Waals surface area contributed by atoms with Crippen LogP contribution in [0.2, 0.25) is 0 Å². The normalized spacial score (nSPS) is 12.8. The molecule has 0 aliphatic carbocycles. The number of nitrogens with zero attached hydrogens (tertiary/aromatic N) is 3. The van der Waals surface area contributed by atoms with Gasteiger partial charge in [0.1, 0.15) is 11.8 Å². The second kappa shape index (κ2) is 9.41. The van der Waals surface area contributed by atoms with Gasteiger partial charge in [0.2, 0.25) is 17.6 Å². The van der Waals surface area contributed by atoms with Crippen LogP contribution in [0, 0.1) is 5.92 Å². The van der Waals surface area contributed by atoms with E-state index in [0.717, 1.165) is 6.08 Å². The Morgan fingerprint density at radius 2 is 1.87 bits per heavy atom. The maximum absolute atomic E-state index is 12.5. The molecule has 0 saturated heterocycles. The molecule has 0 spiro atoms. The molecule has 1 aromatic carbocycles. The van der Waals surface area contributed by atoms with E-state index in [-0.39, 0.29) is 17.4 Å². The number of halogens is 3. The fraction of sp³-hybridized carbons (Fsp3) is 0.238. The highest BCUT2D eigenvalue weighted by Gasteiger charge is 2.31. The summed E-state index contributed by atoms with van der Waals surface area (Å²) in [5, 5.41) is 6.67. The fourth-order valence-electron chi connectivity index (χ4n) is 2.70. The lowest BCUT2D eigenvalue weighted by Crippen LogP contribution is -2.30. The minimum Gasteiger partial charge on any atom is -0.405 e. The number of aromatic nitrogens is 3. The molecule has 0 aliphatic rings. The molecule has 1 unspecified atom stereocenters. The second-order valence-electron chi connectivity index (χ2n) is 6.84. The van der Waals surface area contributed by atoms with Crippen LogP contribution in [0.5, 0.6) is 5.75 Å². The van der Waals surface area contributed by atoms with Crippen molar-refractivity contribution in [1.29, 1.82) is 0 Å². The summed E-state index contributed by atoms with van der Waals surface area (Å²) in [6.45, 7) is 3.72. The van der Waals surface area contributed by atoms with E-state index in [1.807, 2.05) is 13.8 Å². The molecule has 162 valence electrons. The van der Waals surface area contributed by atoms with Gasteiger partial charge in [0.15, 0.2) is 0 Å². The molecule has 1 amide bonds. The Hall–Kier alpha value is -3.69. The molecule has 3 aromatic rings. The summed E-state index contributed by atoms with van der Waals surface area (Å²) in [5.41, 5.74) is 0.814. The number of hydrogen-bond donors (Lipinski definition) is 1. The molecule has 0 fully saturated rings. The lowest BCUT2D eigenvalue weighted by atomic mass is 10.0. The summed E-state index contributed by atoms with van der Waals surface area (Å²) < 4.78 is 46.9. The summed E-state index contributed by atoms with van der Waals surface area (Å²) in [6, 6.07) is 8.37. The van der Waals surface area contributed by atoms with Crippen LogP contribution in [-0.2, 0) is 4.79 Å². The van der Waals surface area contributed by atoms with Crippen LogP contribution in [0.25, 0.3) is 17.5 Å². The van der Waals surface area contributed by atoms with Gasteiger partial charge in [-0.05, 0) is 30.2 Å². The maximum Gasteiger partial charge on any atom is 0.573 e. The predicted molar refractivity (Wildman–Crippen MR) is 105 cm³/mol. The number of carbonyl (C=O) groups is 1. The van der Waals surface area contributed by atoms with Gasteiger partial charge >= 0.3 is 6.36 Å². The predicted octanol–water partition coefficient (Wildman–Crippen LogP) is 4.56. The number of pyridine rings is 1. The van der Waals surface area contributed by atoms with E-state index in [0.29, 0.717) is 11.4 Å². The Morgan fingerprint density at radius 1 is 1.16 bits per heavy atom. The van der Waals surface area contributed by atoms with Crippen molar-refractivity contribution in [3.8, 4) is 17.1 Å². The van der Waals surface area contributed by atoms with Gasteiger partial charge < -0.3 is 14.6 Å². The van der Waals surface area contributed by atoms with E-state index in [1.165, 1.54) is 30.3 Å². The number of carbonyl (C=O) groups excluding carboxylic acids is 1. The number of amides is 1. The fourth-order valence-corrected chi connectivity index (χ4v) is 2.70. The highest BCUT2D eigenvalue weighted by molar-refractivity contribution is 5.92. The van der Waals surface area contributed by atoms with E-state index in [1.54, 1.807) is 24.5 Å². The highest BCUT2D eigenvalue weighted by atomic mass is 19.4. The number of benzene rings is 1. The minimum absolute atomic E-state index is 0.0936. The summed E-state index contributed by atoms with van der Waals surface area (Å²) in [4.78, 5) is 20.7. The van der Waals surface area contributed by atoms with E-state index in [9.17, 15) is 18.0 Å². The Bertz CT molecular complexity index is 1050.